The second-order valence-electron chi connectivity index (χ2n) is 7.55. The average molecular weight is 433 g/mol. The van der Waals surface area contributed by atoms with Crippen molar-refractivity contribution < 1.29 is 22.8 Å². The molecule has 166 valence electrons. The fourth-order valence-electron chi connectivity index (χ4n) is 3.47. The molecular formula is C23H26F3N3O2. The number of carbonyl (C=O) groups is 2. The van der Waals surface area contributed by atoms with Crippen LogP contribution in [0.25, 0.3) is 0 Å². The maximum absolute atomic E-state index is 12.6. The van der Waals surface area contributed by atoms with Crippen LogP contribution in [0, 0.1) is 0 Å². The van der Waals surface area contributed by atoms with Crippen molar-refractivity contribution in [3.05, 3.63) is 59.7 Å². The van der Waals surface area contributed by atoms with E-state index < -0.39 is 17.6 Å². The fourth-order valence-corrected chi connectivity index (χ4v) is 3.47. The van der Waals surface area contributed by atoms with Crippen LogP contribution < -0.4 is 10.2 Å². The monoisotopic (exact) mass is 433 g/mol. The minimum Gasteiger partial charge on any atom is -0.368 e. The van der Waals surface area contributed by atoms with Gasteiger partial charge < -0.3 is 15.1 Å². The first-order valence-electron chi connectivity index (χ1n) is 10.4. The number of alkyl halides is 3. The third-order valence-electron chi connectivity index (χ3n) is 5.34. The number of hydrogen-bond donors (Lipinski definition) is 1. The first-order valence-corrected chi connectivity index (χ1v) is 10.4. The van der Waals surface area contributed by atoms with E-state index >= 15 is 0 Å². The topological polar surface area (TPSA) is 52.7 Å². The summed E-state index contributed by atoms with van der Waals surface area (Å²) < 4.78 is 37.9. The minimum atomic E-state index is -4.43. The Kier molecular flexibility index (Phi) is 7.20. The van der Waals surface area contributed by atoms with E-state index in [1.165, 1.54) is 0 Å². The largest absolute Gasteiger partial charge is 0.416 e. The fraction of sp³-hybridized carbons (Fsp3) is 0.391. The highest BCUT2D eigenvalue weighted by molar-refractivity contribution is 6.04. The van der Waals surface area contributed by atoms with Crippen LogP contribution in [-0.4, -0.2) is 42.9 Å². The summed E-state index contributed by atoms with van der Waals surface area (Å²) in [7, 11) is 0. The van der Waals surface area contributed by atoms with E-state index in [1.807, 2.05) is 17.0 Å². The van der Waals surface area contributed by atoms with Crippen molar-refractivity contribution in [1.82, 2.24) is 4.90 Å². The number of hydrogen-bond acceptors (Lipinski definition) is 3. The first-order chi connectivity index (χ1) is 14.8. The van der Waals surface area contributed by atoms with E-state index in [9.17, 15) is 22.8 Å². The number of nitrogens with zero attached hydrogens (tertiary/aromatic N) is 2. The van der Waals surface area contributed by atoms with Gasteiger partial charge in [-0.05, 0) is 55.0 Å². The summed E-state index contributed by atoms with van der Waals surface area (Å²) in [5.74, 6) is -0.261. The Balaban J connectivity index is 1.53. The van der Waals surface area contributed by atoms with E-state index in [2.05, 4.69) is 17.1 Å². The van der Waals surface area contributed by atoms with Crippen LogP contribution in [0.2, 0.25) is 0 Å². The molecule has 31 heavy (non-hydrogen) atoms. The molecule has 0 aromatic heterocycles. The van der Waals surface area contributed by atoms with Gasteiger partial charge in [-0.1, -0.05) is 13.3 Å². The molecule has 0 unspecified atom stereocenters. The van der Waals surface area contributed by atoms with Gasteiger partial charge in [0.25, 0.3) is 5.91 Å². The predicted molar refractivity (Wildman–Crippen MR) is 114 cm³/mol. The van der Waals surface area contributed by atoms with Crippen molar-refractivity contribution in [1.29, 1.82) is 0 Å². The quantitative estimate of drug-likeness (QED) is 0.712. The van der Waals surface area contributed by atoms with E-state index in [-0.39, 0.29) is 11.5 Å². The SMILES string of the molecule is CCCCC(=O)N1CCN(c2ccc(NC(=O)c3ccc(C(F)(F)F)cc3)cc2)CC1. The van der Waals surface area contributed by atoms with Crippen LogP contribution in [-0.2, 0) is 11.0 Å². The van der Waals surface area contributed by atoms with E-state index in [4.69, 9.17) is 0 Å². The summed E-state index contributed by atoms with van der Waals surface area (Å²) in [6.07, 6.45) is -1.91. The second kappa shape index (κ2) is 9.85. The molecule has 1 fully saturated rings. The third-order valence-corrected chi connectivity index (χ3v) is 5.34. The Morgan fingerprint density at radius 2 is 1.55 bits per heavy atom. The predicted octanol–water partition coefficient (Wildman–Crippen LogP) is 4.80. The van der Waals surface area contributed by atoms with Crippen LogP contribution in [0.15, 0.2) is 48.5 Å². The van der Waals surface area contributed by atoms with Gasteiger partial charge in [-0.2, -0.15) is 13.2 Å². The lowest BCUT2D eigenvalue weighted by atomic mass is 10.1. The highest BCUT2D eigenvalue weighted by Crippen LogP contribution is 2.29. The van der Waals surface area contributed by atoms with Gasteiger partial charge in [0.1, 0.15) is 0 Å². The lowest BCUT2D eigenvalue weighted by molar-refractivity contribution is -0.137. The van der Waals surface area contributed by atoms with E-state index in [1.54, 1.807) is 12.1 Å². The molecule has 1 aliphatic rings. The highest BCUT2D eigenvalue weighted by atomic mass is 19.4. The van der Waals surface area contributed by atoms with E-state index in [0.29, 0.717) is 25.2 Å². The van der Waals surface area contributed by atoms with Crippen LogP contribution >= 0.6 is 0 Å². The van der Waals surface area contributed by atoms with Crippen LogP contribution in [0.4, 0.5) is 24.5 Å². The number of unbranched alkanes of at least 4 members (excludes halogenated alkanes) is 1. The summed E-state index contributed by atoms with van der Waals surface area (Å²) in [5, 5.41) is 2.70. The van der Waals surface area contributed by atoms with Crippen molar-refractivity contribution in [3.8, 4) is 0 Å². The van der Waals surface area contributed by atoms with Crippen molar-refractivity contribution >= 4 is 23.2 Å². The van der Waals surface area contributed by atoms with Crippen molar-refractivity contribution in [3.63, 3.8) is 0 Å². The number of benzene rings is 2. The first kappa shape index (κ1) is 22.7. The van der Waals surface area contributed by atoms with Gasteiger partial charge in [-0.15, -0.1) is 0 Å². The summed E-state index contributed by atoms with van der Waals surface area (Å²) >= 11 is 0. The van der Waals surface area contributed by atoms with Crippen molar-refractivity contribution in [2.75, 3.05) is 36.4 Å². The maximum Gasteiger partial charge on any atom is 0.416 e. The number of anilines is 2. The summed E-state index contributed by atoms with van der Waals surface area (Å²) in [6, 6.07) is 11.4. The number of amides is 2. The second-order valence-corrected chi connectivity index (χ2v) is 7.55. The number of carbonyl (C=O) groups excluding carboxylic acids is 2. The maximum atomic E-state index is 12.6. The van der Waals surface area contributed by atoms with Crippen LogP contribution in [0.5, 0.6) is 0 Å². The molecule has 8 heteroatoms. The van der Waals surface area contributed by atoms with Crippen LogP contribution in [0.3, 0.4) is 0 Å². The third kappa shape index (κ3) is 5.99. The Morgan fingerprint density at radius 3 is 2.10 bits per heavy atom. The summed E-state index contributed by atoms with van der Waals surface area (Å²) in [5.41, 5.74) is 0.914. The molecule has 0 radical (unpaired) electrons. The van der Waals surface area contributed by atoms with Crippen LogP contribution in [0.1, 0.15) is 42.1 Å². The minimum absolute atomic E-state index is 0.154. The van der Waals surface area contributed by atoms with Gasteiger partial charge in [0.15, 0.2) is 0 Å². The standard InChI is InChI=1S/C23H26F3N3O2/c1-2-3-4-21(30)29-15-13-28(14-16-29)20-11-9-19(10-12-20)27-22(31)17-5-7-18(8-6-17)23(24,25)26/h5-12H,2-4,13-16H2,1H3,(H,27,31). The number of piperazine rings is 1. The lowest BCUT2D eigenvalue weighted by Crippen LogP contribution is -2.48. The average Bonchev–Trinajstić information content (AvgIpc) is 2.77. The Hall–Kier alpha value is -3.03. The molecule has 2 aromatic rings. The number of nitrogens with one attached hydrogen (secondary N) is 1. The van der Waals surface area contributed by atoms with Gasteiger partial charge >= 0.3 is 6.18 Å². The Morgan fingerprint density at radius 1 is 0.935 bits per heavy atom. The van der Waals surface area contributed by atoms with Crippen molar-refractivity contribution in [2.24, 2.45) is 0 Å². The molecular weight excluding hydrogens is 407 g/mol. The molecule has 1 heterocycles. The summed E-state index contributed by atoms with van der Waals surface area (Å²) in [6.45, 7) is 4.94. The zero-order valence-corrected chi connectivity index (χ0v) is 17.4. The van der Waals surface area contributed by atoms with Gasteiger partial charge in [-0.25, -0.2) is 0 Å². The molecule has 1 N–H and O–H groups in total. The lowest BCUT2D eigenvalue weighted by Gasteiger charge is -2.36. The molecule has 0 aliphatic carbocycles. The Bertz CT molecular complexity index is 888. The number of rotatable bonds is 6. The molecule has 0 atom stereocenters. The molecule has 0 spiro atoms. The van der Waals surface area contributed by atoms with Crippen molar-refractivity contribution in [2.45, 2.75) is 32.4 Å². The van der Waals surface area contributed by atoms with E-state index in [0.717, 1.165) is 55.9 Å². The molecule has 5 nitrogen and oxygen atoms in total. The highest BCUT2D eigenvalue weighted by Gasteiger charge is 2.30. The normalized spacial score (nSPS) is 14.5. The molecule has 2 aromatic carbocycles. The summed E-state index contributed by atoms with van der Waals surface area (Å²) in [4.78, 5) is 28.5. The molecule has 0 saturated carbocycles. The Labute approximate surface area is 179 Å². The molecule has 3 rings (SSSR count). The molecule has 2 amide bonds. The molecule has 0 bridgehead atoms. The number of halogens is 3. The zero-order valence-electron chi connectivity index (χ0n) is 17.4. The zero-order chi connectivity index (χ0) is 22.4. The van der Waals surface area contributed by atoms with Gasteiger partial charge in [-0.3, -0.25) is 9.59 Å². The molecule has 1 aliphatic heterocycles. The smallest absolute Gasteiger partial charge is 0.368 e. The van der Waals surface area contributed by atoms with Gasteiger partial charge in [0.05, 0.1) is 5.56 Å². The van der Waals surface area contributed by atoms with Gasteiger partial charge in [0, 0.05) is 49.5 Å². The molecule has 1 saturated heterocycles. The van der Waals surface area contributed by atoms with Gasteiger partial charge in [0.2, 0.25) is 5.91 Å².